The Labute approximate surface area is 435 Å². The second kappa shape index (κ2) is 18.3. The van der Waals surface area contributed by atoms with Crippen molar-refractivity contribution < 1.29 is 4.57 Å². The quantitative estimate of drug-likeness (QED) is 0.107. The van der Waals surface area contributed by atoms with Crippen molar-refractivity contribution >= 4 is 77.2 Å². The molecule has 1 aromatic heterocycles. The zero-order valence-electron chi connectivity index (χ0n) is 40.9. The molecule has 75 heavy (non-hydrogen) atoms. The summed E-state index contributed by atoms with van der Waals surface area (Å²) >= 11 is 0. The third kappa shape index (κ3) is 7.68. The van der Waals surface area contributed by atoms with Gasteiger partial charge in [0.15, 0.2) is 7.14 Å². The van der Waals surface area contributed by atoms with Gasteiger partial charge in [-0.15, -0.1) is 0 Å². The van der Waals surface area contributed by atoms with Crippen LogP contribution in [0.5, 0.6) is 0 Å². The average molecular weight is 975 g/mol. The number of fused-ring (bicyclic) bond motifs is 5. The lowest BCUT2D eigenvalue weighted by molar-refractivity contribution is 0.592. The first-order chi connectivity index (χ1) is 37.0. The van der Waals surface area contributed by atoms with Gasteiger partial charge < -0.3 is 4.57 Å². The maximum absolute atomic E-state index is 15.4. The lowest BCUT2D eigenvalue weighted by Gasteiger charge is -2.21. The van der Waals surface area contributed by atoms with Gasteiger partial charge in [0.1, 0.15) is 5.82 Å². The van der Waals surface area contributed by atoms with Gasteiger partial charge in [-0.1, -0.05) is 237 Å². The van der Waals surface area contributed by atoms with E-state index in [2.05, 4.69) is 229 Å². The van der Waals surface area contributed by atoms with Crippen molar-refractivity contribution in [3.8, 4) is 61.6 Å². The Hall–Kier alpha value is -9.40. The Morgan fingerprint density at radius 2 is 0.693 bits per heavy atom. The van der Waals surface area contributed by atoms with Crippen LogP contribution < -0.4 is 15.9 Å². The monoisotopic (exact) mass is 974 g/mol. The highest BCUT2D eigenvalue weighted by molar-refractivity contribution is 7.85. The molecule has 0 aliphatic heterocycles. The zero-order chi connectivity index (χ0) is 49.9. The molecule has 14 rings (SSSR count). The summed E-state index contributed by atoms with van der Waals surface area (Å²) in [5.41, 5.74) is 13.3. The van der Waals surface area contributed by atoms with E-state index < -0.39 is 7.14 Å². The summed E-state index contributed by atoms with van der Waals surface area (Å²) in [5, 5.41) is 12.0. The van der Waals surface area contributed by atoms with Crippen molar-refractivity contribution in [1.82, 2.24) is 9.55 Å². The van der Waals surface area contributed by atoms with Crippen molar-refractivity contribution in [1.29, 1.82) is 0 Å². The third-order valence-corrected chi connectivity index (χ3v) is 18.1. The van der Waals surface area contributed by atoms with E-state index in [1.807, 2.05) is 60.7 Å². The van der Waals surface area contributed by atoms with E-state index in [4.69, 9.17) is 4.98 Å². The number of imidazole rings is 1. The molecule has 0 radical (unpaired) electrons. The van der Waals surface area contributed by atoms with E-state index in [0.717, 1.165) is 77.4 Å². The minimum Gasteiger partial charge on any atom is -0.309 e. The van der Waals surface area contributed by atoms with E-state index in [0.29, 0.717) is 0 Å². The van der Waals surface area contributed by atoms with Crippen LogP contribution >= 0.6 is 7.14 Å². The molecule has 0 N–H and O–H groups in total. The Balaban J connectivity index is 0.966. The number of benzene rings is 13. The van der Waals surface area contributed by atoms with Crippen molar-refractivity contribution in [2.75, 3.05) is 0 Å². The van der Waals surface area contributed by atoms with Gasteiger partial charge in [0.2, 0.25) is 0 Å². The summed E-state index contributed by atoms with van der Waals surface area (Å²) in [6.45, 7) is 0. The third-order valence-electron chi connectivity index (χ3n) is 15.0. The maximum Gasteiger partial charge on any atom is 0.171 e. The fraction of sp³-hybridized carbons (Fsp3) is 0. The Morgan fingerprint density at radius 1 is 0.293 bits per heavy atom. The Bertz CT molecular complexity index is 4480. The highest BCUT2D eigenvalue weighted by Gasteiger charge is 2.30. The fourth-order valence-corrected chi connectivity index (χ4v) is 14.0. The van der Waals surface area contributed by atoms with Crippen LogP contribution in [0, 0.1) is 0 Å². The minimum atomic E-state index is -3.15. The molecule has 0 aliphatic rings. The van der Waals surface area contributed by atoms with Gasteiger partial charge in [0.05, 0.1) is 11.0 Å². The Morgan fingerprint density at radius 3 is 1.23 bits per heavy atom. The van der Waals surface area contributed by atoms with Gasteiger partial charge in [-0.05, 0) is 136 Å². The molecule has 0 spiro atoms. The van der Waals surface area contributed by atoms with E-state index in [9.17, 15) is 0 Å². The highest BCUT2D eigenvalue weighted by atomic mass is 31.2. The molecular formula is C71H47N2OP. The molecule has 4 heteroatoms. The van der Waals surface area contributed by atoms with Crippen LogP contribution in [0.25, 0.3) is 116 Å². The van der Waals surface area contributed by atoms with E-state index in [-0.39, 0.29) is 0 Å². The second-order valence-corrected chi connectivity index (χ2v) is 22.2. The van der Waals surface area contributed by atoms with Crippen molar-refractivity contribution in [2.24, 2.45) is 0 Å². The second-order valence-electron chi connectivity index (χ2n) is 19.4. The number of para-hydroxylation sites is 3. The average Bonchev–Trinajstić information content (AvgIpc) is 3.89. The SMILES string of the molecule is O=P(c1ccccc1)(c1ccccc1)c1ccc(-c2ccc3c(-c4ccc5ccccc5c4)c4cc(-c5ccc(-c6nc7ccccc7n6-c6ccccc6)cc5)ccc4c(-c4ccc5ccccc5c4)c3c2)cc1. The van der Waals surface area contributed by atoms with Crippen molar-refractivity contribution in [3.63, 3.8) is 0 Å². The first kappa shape index (κ1) is 44.3. The first-order valence-electron chi connectivity index (χ1n) is 25.5. The molecule has 0 atom stereocenters. The molecular weight excluding hydrogens is 928 g/mol. The van der Waals surface area contributed by atoms with Crippen LogP contribution in [0.15, 0.2) is 285 Å². The Kier molecular flexibility index (Phi) is 10.8. The predicted octanol–water partition coefficient (Wildman–Crippen LogP) is 17.6. The summed E-state index contributed by atoms with van der Waals surface area (Å²) in [6, 6.07) is 101. The van der Waals surface area contributed by atoms with Crippen LogP contribution in [0.1, 0.15) is 0 Å². The molecule has 0 amide bonds. The molecule has 14 aromatic rings. The normalized spacial score (nSPS) is 11.8. The van der Waals surface area contributed by atoms with Crippen LogP contribution in [-0.4, -0.2) is 9.55 Å². The van der Waals surface area contributed by atoms with Gasteiger partial charge in [-0.25, -0.2) is 4.98 Å². The molecule has 0 saturated carbocycles. The summed E-state index contributed by atoms with van der Waals surface area (Å²) in [4.78, 5) is 5.17. The molecule has 13 aromatic carbocycles. The molecule has 0 bridgehead atoms. The first-order valence-corrected chi connectivity index (χ1v) is 27.2. The standard InChI is InChI=1S/C71H47N2OP/c74-75(60-22-6-2-7-23-60,61-24-8-3-9-25-61)62-40-36-51(37-41-62)56-39-43-64-66(47-56)70(58-35-31-49-17-11-13-19-54(49)45-58)63-42-38-55(46-65(63)69(64)57-34-30-48-16-10-12-18-53(48)44-57)50-28-32-52(33-29-50)71-72-67-26-14-15-27-68(67)73(71)59-20-4-1-5-21-59/h1-47H. The van der Waals surface area contributed by atoms with Crippen LogP contribution in [0.4, 0.5) is 0 Å². The van der Waals surface area contributed by atoms with Crippen LogP contribution in [-0.2, 0) is 4.57 Å². The number of hydrogen-bond acceptors (Lipinski definition) is 2. The number of hydrogen-bond donors (Lipinski definition) is 0. The minimum absolute atomic E-state index is 0.809. The summed E-state index contributed by atoms with van der Waals surface area (Å²) in [5.74, 6) is 0.909. The van der Waals surface area contributed by atoms with Gasteiger partial charge in [-0.2, -0.15) is 0 Å². The summed E-state index contributed by atoms with van der Waals surface area (Å²) < 4.78 is 17.6. The largest absolute Gasteiger partial charge is 0.309 e. The van der Waals surface area contributed by atoms with Gasteiger partial charge in [-0.3, -0.25) is 4.57 Å². The number of rotatable bonds is 9. The van der Waals surface area contributed by atoms with Crippen molar-refractivity contribution in [3.05, 3.63) is 285 Å². The zero-order valence-corrected chi connectivity index (χ0v) is 41.8. The topological polar surface area (TPSA) is 34.9 Å². The molecule has 3 nitrogen and oxygen atoms in total. The molecule has 1 heterocycles. The lowest BCUT2D eigenvalue weighted by atomic mass is 9.83. The van der Waals surface area contributed by atoms with Crippen LogP contribution in [0.2, 0.25) is 0 Å². The number of aromatic nitrogens is 2. The highest BCUT2D eigenvalue weighted by Crippen LogP contribution is 2.48. The molecule has 0 fully saturated rings. The van der Waals surface area contributed by atoms with Gasteiger partial charge in [0, 0.05) is 27.2 Å². The molecule has 0 aliphatic carbocycles. The summed E-state index contributed by atoms with van der Waals surface area (Å²) in [6.07, 6.45) is 0. The fourth-order valence-electron chi connectivity index (χ4n) is 11.4. The molecule has 0 unspecified atom stereocenters. The predicted molar refractivity (Wildman–Crippen MR) is 318 cm³/mol. The van der Waals surface area contributed by atoms with E-state index in [1.165, 1.54) is 54.2 Å². The van der Waals surface area contributed by atoms with E-state index >= 15 is 4.57 Å². The lowest BCUT2D eigenvalue weighted by Crippen LogP contribution is -2.24. The van der Waals surface area contributed by atoms with E-state index in [1.54, 1.807) is 0 Å². The molecule has 352 valence electrons. The van der Waals surface area contributed by atoms with Crippen molar-refractivity contribution in [2.45, 2.75) is 0 Å². The number of nitrogens with zero attached hydrogens (tertiary/aromatic N) is 2. The van der Waals surface area contributed by atoms with Gasteiger partial charge in [0.25, 0.3) is 0 Å². The smallest absolute Gasteiger partial charge is 0.171 e. The van der Waals surface area contributed by atoms with Gasteiger partial charge >= 0.3 is 0 Å². The van der Waals surface area contributed by atoms with Crippen LogP contribution in [0.3, 0.4) is 0 Å². The maximum atomic E-state index is 15.4. The molecule has 0 saturated heterocycles. The summed E-state index contributed by atoms with van der Waals surface area (Å²) in [7, 11) is -3.15.